The summed E-state index contributed by atoms with van der Waals surface area (Å²) in [5.41, 5.74) is 0.941. The average molecular weight is 318 g/mol. The van der Waals surface area contributed by atoms with Crippen LogP contribution in [0.1, 0.15) is 25.8 Å². The summed E-state index contributed by atoms with van der Waals surface area (Å²) in [5.74, 6) is 0.170. The smallest absolute Gasteiger partial charge is 0.242 e. The van der Waals surface area contributed by atoms with Gasteiger partial charge in [0.05, 0.1) is 13.0 Å². The number of carbonyl (C=O) groups is 2. The molecule has 126 valence electrons. The minimum atomic E-state index is -0.506. The van der Waals surface area contributed by atoms with E-state index < -0.39 is 6.04 Å². The van der Waals surface area contributed by atoms with Crippen molar-refractivity contribution in [2.45, 2.75) is 32.7 Å². The Hall–Kier alpha value is -1.88. The number of benzene rings is 1. The number of carbonyl (C=O) groups excluding carboxylic acids is 2. The molecule has 5 heteroatoms. The van der Waals surface area contributed by atoms with Gasteiger partial charge in [-0.05, 0) is 17.9 Å². The van der Waals surface area contributed by atoms with Crippen molar-refractivity contribution >= 4 is 11.8 Å². The van der Waals surface area contributed by atoms with Crippen LogP contribution in [0.25, 0.3) is 0 Å². The lowest BCUT2D eigenvalue weighted by Gasteiger charge is -2.22. The molecule has 1 aliphatic heterocycles. The highest BCUT2D eigenvalue weighted by molar-refractivity contribution is 5.88. The van der Waals surface area contributed by atoms with Crippen LogP contribution in [0.4, 0.5) is 0 Å². The summed E-state index contributed by atoms with van der Waals surface area (Å²) in [6.45, 7) is 5.95. The van der Waals surface area contributed by atoms with Gasteiger partial charge in [-0.3, -0.25) is 9.59 Å². The van der Waals surface area contributed by atoms with Gasteiger partial charge in [0.15, 0.2) is 0 Å². The molecule has 0 aromatic heterocycles. The summed E-state index contributed by atoms with van der Waals surface area (Å²) in [4.78, 5) is 24.5. The van der Waals surface area contributed by atoms with E-state index in [1.165, 1.54) is 0 Å². The van der Waals surface area contributed by atoms with Crippen LogP contribution in [-0.4, -0.2) is 37.6 Å². The summed E-state index contributed by atoms with van der Waals surface area (Å²) in [6, 6.07) is 9.03. The van der Waals surface area contributed by atoms with E-state index in [0.29, 0.717) is 19.1 Å². The molecule has 2 atom stereocenters. The van der Waals surface area contributed by atoms with Crippen LogP contribution < -0.4 is 10.6 Å². The second-order valence-electron chi connectivity index (χ2n) is 6.43. The first-order chi connectivity index (χ1) is 11.1. The minimum Gasteiger partial charge on any atom is -0.381 e. The first-order valence-corrected chi connectivity index (χ1v) is 8.25. The molecule has 1 aromatic rings. The Labute approximate surface area is 137 Å². The van der Waals surface area contributed by atoms with Gasteiger partial charge in [-0.25, -0.2) is 0 Å². The Kier molecular flexibility index (Phi) is 6.59. The van der Waals surface area contributed by atoms with Gasteiger partial charge in [-0.15, -0.1) is 0 Å². The van der Waals surface area contributed by atoms with Crippen molar-refractivity contribution < 1.29 is 14.3 Å². The summed E-state index contributed by atoms with van der Waals surface area (Å²) in [6.07, 6.45) is 1.26. The lowest BCUT2D eigenvalue weighted by Crippen LogP contribution is -2.50. The Balaban J connectivity index is 1.84. The van der Waals surface area contributed by atoms with Gasteiger partial charge in [-0.2, -0.15) is 0 Å². The summed E-state index contributed by atoms with van der Waals surface area (Å²) < 4.78 is 5.31. The first-order valence-electron chi connectivity index (χ1n) is 8.25. The van der Waals surface area contributed by atoms with Gasteiger partial charge in [0.2, 0.25) is 11.8 Å². The Morgan fingerprint density at radius 3 is 2.61 bits per heavy atom. The zero-order valence-corrected chi connectivity index (χ0v) is 13.9. The maximum absolute atomic E-state index is 12.4. The van der Waals surface area contributed by atoms with E-state index in [9.17, 15) is 9.59 Å². The topological polar surface area (TPSA) is 67.4 Å². The normalized spacial score (nSPS) is 18.7. The Bertz CT molecular complexity index is 510. The fourth-order valence-corrected chi connectivity index (χ4v) is 2.64. The third-order valence-corrected chi connectivity index (χ3v) is 4.06. The van der Waals surface area contributed by atoms with E-state index in [0.717, 1.165) is 18.6 Å². The van der Waals surface area contributed by atoms with E-state index in [1.54, 1.807) is 0 Å². The van der Waals surface area contributed by atoms with Crippen LogP contribution in [0.5, 0.6) is 0 Å². The molecular weight excluding hydrogens is 292 g/mol. The highest BCUT2D eigenvalue weighted by atomic mass is 16.5. The molecule has 0 aliphatic carbocycles. The number of nitrogens with one attached hydrogen (secondary N) is 2. The second-order valence-corrected chi connectivity index (χ2v) is 6.43. The highest BCUT2D eigenvalue weighted by Crippen LogP contribution is 2.11. The highest BCUT2D eigenvalue weighted by Gasteiger charge is 2.25. The first kappa shape index (κ1) is 17.5. The Morgan fingerprint density at radius 1 is 1.26 bits per heavy atom. The minimum absolute atomic E-state index is 0.0366. The van der Waals surface area contributed by atoms with Crippen LogP contribution in [0.2, 0.25) is 0 Å². The van der Waals surface area contributed by atoms with Crippen LogP contribution in [-0.2, 0) is 20.7 Å². The zero-order chi connectivity index (χ0) is 16.7. The molecule has 0 bridgehead atoms. The summed E-state index contributed by atoms with van der Waals surface area (Å²) in [5, 5.41) is 5.80. The molecule has 0 radical (unpaired) electrons. The molecule has 1 aromatic carbocycles. The van der Waals surface area contributed by atoms with Gasteiger partial charge >= 0.3 is 0 Å². The molecule has 23 heavy (non-hydrogen) atoms. The van der Waals surface area contributed by atoms with Crippen molar-refractivity contribution in [3.63, 3.8) is 0 Å². The second kappa shape index (κ2) is 8.67. The van der Waals surface area contributed by atoms with Crippen LogP contribution in [0.3, 0.4) is 0 Å². The molecule has 1 fully saturated rings. The molecular formula is C18H26N2O3. The van der Waals surface area contributed by atoms with Crippen molar-refractivity contribution in [1.29, 1.82) is 0 Å². The van der Waals surface area contributed by atoms with Crippen molar-refractivity contribution in [1.82, 2.24) is 10.6 Å². The SMILES string of the molecule is CC(C)[C@H](NC(=O)Cc1ccccc1)C(=O)NC[C@@H]1CCOC1. The fraction of sp³-hybridized carbons (Fsp3) is 0.556. The van der Waals surface area contributed by atoms with Gasteiger partial charge in [-0.1, -0.05) is 44.2 Å². The lowest BCUT2D eigenvalue weighted by atomic mass is 10.0. The number of hydrogen-bond acceptors (Lipinski definition) is 3. The summed E-state index contributed by atoms with van der Waals surface area (Å²) in [7, 11) is 0. The molecule has 0 unspecified atom stereocenters. The third kappa shape index (κ3) is 5.67. The molecule has 1 heterocycles. The van der Waals surface area contributed by atoms with E-state index in [1.807, 2.05) is 44.2 Å². The number of rotatable bonds is 7. The third-order valence-electron chi connectivity index (χ3n) is 4.06. The fourth-order valence-electron chi connectivity index (χ4n) is 2.64. The van der Waals surface area contributed by atoms with E-state index in [4.69, 9.17) is 4.74 Å². The van der Waals surface area contributed by atoms with Gasteiger partial charge in [0, 0.05) is 19.1 Å². The summed E-state index contributed by atoms with van der Waals surface area (Å²) >= 11 is 0. The molecule has 2 rings (SSSR count). The van der Waals surface area contributed by atoms with Crippen molar-refractivity contribution in [3.8, 4) is 0 Å². The molecule has 2 amide bonds. The van der Waals surface area contributed by atoms with Gasteiger partial charge in [0.25, 0.3) is 0 Å². The molecule has 1 aliphatic rings. The largest absolute Gasteiger partial charge is 0.381 e. The molecule has 2 N–H and O–H groups in total. The monoisotopic (exact) mass is 318 g/mol. The van der Waals surface area contributed by atoms with Crippen molar-refractivity contribution in [2.75, 3.05) is 19.8 Å². The number of amides is 2. The van der Waals surface area contributed by atoms with Crippen LogP contribution in [0, 0.1) is 11.8 Å². The lowest BCUT2D eigenvalue weighted by molar-refractivity contribution is -0.129. The number of ether oxygens (including phenoxy) is 1. The van der Waals surface area contributed by atoms with Gasteiger partial charge < -0.3 is 15.4 Å². The van der Waals surface area contributed by atoms with Crippen LogP contribution >= 0.6 is 0 Å². The maximum Gasteiger partial charge on any atom is 0.242 e. The van der Waals surface area contributed by atoms with E-state index >= 15 is 0 Å². The van der Waals surface area contributed by atoms with Crippen LogP contribution in [0.15, 0.2) is 30.3 Å². The quantitative estimate of drug-likeness (QED) is 0.801. The molecule has 5 nitrogen and oxygen atoms in total. The predicted molar refractivity (Wildman–Crippen MR) is 88.9 cm³/mol. The van der Waals surface area contributed by atoms with E-state index in [-0.39, 0.29) is 24.2 Å². The Morgan fingerprint density at radius 2 is 2.00 bits per heavy atom. The van der Waals surface area contributed by atoms with Gasteiger partial charge in [0.1, 0.15) is 6.04 Å². The van der Waals surface area contributed by atoms with E-state index in [2.05, 4.69) is 10.6 Å². The van der Waals surface area contributed by atoms with Crippen molar-refractivity contribution in [3.05, 3.63) is 35.9 Å². The molecule has 0 spiro atoms. The average Bonchev–Trinajstić information content (AvgIpc) is 3.04. The molecule has 0 saturated carbocycles. The number of hydrogen-bond donors (Lipinski definition) is 2. The predicted octanol–water partition coefficient (Wildman–Crippen LogP) is 1.52. The van der Waals surface area contributed by atoms with Crippen molar-refractivity contribution in [2.24, 2.45) is 11.8 Å². The standard InChI is InChI=1S/C18H26N2O3/c1-13(2)17(18(22)19-11-15-8-9-23-12-15)20-16(21)10-14-6-4-3-5-7-14/h3-7,13,15,17H,8-12H2,1-2H3,(H,19,22)(H,20,21)/t15-,17-/m0/s1. The zero-order valence-electron chi connectivity index (χ0n) is 13.9. The maximum atomic E-state index is 12.4. The molecule has 1 saturated heterocycles.